The van der Waals surface area contributed by atoms with E-state index < -0.39 is 0 Å². The van der Waals surface area contributed by atoms with Gasteiger partial charge in [0.05, 0.1) is 0 Å². The first kappa shape index (κ1) is 26.9. The molecule has 0 saturated carbocycles. The number of aromatic hydroxyl groups is 2. The van der Waals surface area contributed by atoms with Crippen LogP contribution in [0.15, 0.2) is 12.1 Å². The van der Waals surface area contributed by atoms with Gasteiger partial charge in [-0.15, -0.1) is 0 Å². The Morgan fingerprint density at radius 1 is 0.633 bits per heavy atom. The molecule has 1 aromatic carbocycles. The molecule has 0 aliphatic rings. The highest BCUT2D eigenvalue weighted by atomic mass is 16.3. The molecular weight excluding hydrogens is 368 g/mol. The second kappa shape index (κ2) is 13.3. The van der Waals surface area contributed by atoms with E-state index in [1.807, 2.05) is 13.0 Å². The summed E-state index contributed by atoms with van der Waals surface area (Å²) in [4.78, 5) is 0. The van der Waals surface area contributed by atoms with Crippen LogP contribution in [0.5, 0.6) is 11.5 Å². The summed E-state index contributed by atoms with van der Waals surface area (Å²) in [5.74, 6) is 0.465. The normalized spacial score (nSPS) is 14.1. The molecule has 1 unspecified atom stereocenters. The van der Waals surface area contributed by atoms with Crippen LogP contribution in [-0.4, -0.2) is 10.2 Å². The first-order valence-electron chi connectivity index (χ1n) is 12.7. The van der Waals surface area contributed by atoms with Crippen molar-refractivity contribution in [1.82, 2.24) is 0 Å². The fourth-order valence-electron chi connectivity index (χ4n) is 5.13. The number of unbranched alkanes of at least 4 members (excludes halogenated alkanes) is 5. The first-order chi connectivity index (χ1) is 14.2. The molecule has 0 fully saturated rings. The number of phenolic OH excluding ortho intramolecular Hbond substituents is 2. The predicted molar refractivity (Wildman–Crippen MR) is 131 cm³/mol. The Morgan fingerprint density at radius 2 is 1.17 bits per heavy atom. The van der Waals surface area contributed by atoms with E-state index >= 15 is 0 Å². The Balaban J connectivity index is 2.43. The lowest BCUT2D eigenvalue weighted by molar-refractivity contribution is 0.252. The maximum Gasteiger partial charge on any atom is 0.122 e. The van der Waals surface area contributed by atoms with E-state index in [0.29, 0.717) is 5.41 Å². The van der Waals surface area contributed by atoms with Crippen LogP contribution < -0.4 is 0 Å². The van der Waals surface area contributed by atoms with Crippen molar-refractivity contribution in [2.45, 2.75) is 131 Å². The molecule has 0 aliphatic heterocycles. The molecule has 0 aliphatic carbocycles. The zero-order valence-corrected chi connectivity index (χ0v) is 20.9. The predicted octanol–water partition coefficient (Wildman–Crippen LogP) is 8.96. The van der Waals surface area contributed by atoms with E-state index in [4.69, 9.17) is 0 Å². The summed E-state index contributed by atoms with van der Waals surface area (Å²) >= 11 is 0. The minimum absolute atomic E-state index is 0.217. The van der Waals surface area contributed by atoms with Crippen LogP contribution in [0.1, 0.15) is 130 Å². The zero-order chi connectivity index (χ0) is 22.6. The van der Waals surface area contributed by atoms with Crippen LogP contribution >= 0.6 is 0 Å². The average molecular weight is 419 g/mol. The lowest BCUT2D eigenvalue weighted by atomic mass is 9.75. The Morgan fingerprint density at radius 3 is 1.73 bits per heavy atom. The summed E-state index contributed by atoms with van der Waals surface area (Å²) in [5, 5.41) is 20.4. The maximum atomic E-state index is 10.4. The number of benzene rings is 1. The third-order valence-corrected chi connectivity index (χ3v) is 6.94. The molecule has 0 bridgehead atoms. The number of phenols is 2. The van der Waals surface area contributed by atoms with Gasteiger partial charge in [-0.1, -0.05) is 92.9 Å². The molecule has 1 aromatic rings. The van der Waals surface area contributed by atoms with Crippen molar-refractivity contribution in [2.75, 3.05) is 0 Å². The summed E-state index contributed by atoms with van der Waals surface area (Å²) < 4.78 is 0. The molecular formula is C28H50O2. The molecule has 30 heavy (non-hydrogen) atoms. The zero-order valence-electron chi connectivity index (χ0n) is 20.9. The minimum Gasteiger partial charge on any atom is -0.508 e. The second-order valence-electron chi connectivity index (χ2n) is 10.7. The number of hydrogen-bond acceptors (Lipinski definition) is 2. The molecule has 0 heterocycles. The first-order valence-corrected chi connectivity index (χ1v) is 12.7. The van der Waals surface area contributed by atoms with Crippen LogP contribution in [0.4, 0.5) is 0 Å². The van der Waals surface area contributed by atoms with Gasteiger partial charge in [0, 0.05) is 6.07 Å². The third-order valence-electron chi connectivity index (χ3n) is 6.94. The molecule has 2 nitrogen and oxygen atoms in total. The van der Waals surface area contributed by atoms with Crippen molar-refractivity contribution in [1.29, 1.82) is 0 Å². The van der Waals surface area contributed by atoms with E-state index in [9.17, 15) is 10.2 Å². The quantitative estimate of drug-likeness (QED) is 0.263. The SMILES string of the molecule is CCCC(C)(C)CCCCCCCCC(C)(CCC)Cc1cc(CC)c(O)cc1O. The number of aryl methyl sites for hydroxylation is 1. The maximum absolute atomic E-state index is 10.4. The molecule has 0 radical (unpaired) electrons. The molecule has 0 spiro atoms. The van der Waals surface area contributed by atoms with Crippen molar-refractivity contribution < 1.29 is 10.2 Å². The van der Waals surface area contributed by atoms with Gasteiger partial charge < -0.3 is 10.2 Å². The van der Waals surface area contributed by atoms with Crippen molar-refractivity contribution in [3.63, 3.8) is 0 Å². The highest BCUT2D eigenvalue weighted by molar-refractivity contribution is 5.45. The van der Waals surface area contributed by atoms with Crippen LogP contribution in [-0.2, 0) is 12.8 Å². The summed E-state index contributed by atoms with van der Waals surface area (Å²) in [5.41, 5.74) is 2.67. The minimum atomic E-state index is 0.217. The summed E-state index contributed by atoms with van der Waals surface area (Å²) in [6.45, 7) is 13.8. The molecule has 0 amide bonds. The van der Waals surface area contributed by atoms with Gasteiger partial charge >= 0.3 is 0 Å². The summed E-state index contributed by atoms with van der Waals surface area (Å²) in [7, 11) is 0. The van der Waals surface area contributed by atoms with Crippen LogP contribution in [0.3, 0.4) is 0 Å². The highest BCUT2D eigenvalue weighted by Crippen LogP contribution is 2.38. The van der Waals surface area contributed by atoms with E-state index in [-0.39, 0.29) is 16.9 Å². The molecule has 0 saturated heterocycles. The summed E-state index contributed by atoms with van der Waals surface area (Å²) in [6.07, 6.45) is 17.3. The molecule has 1 rings (SSSR count). The van der Waals surface area contributed by atoms with Gasteiger partial charge in [-0.25, -0.2) is 0 Å². The van der Waals surface area contributed by atoms with E-state index in [1.54, 1.807) is 0 Å². The van der Waals surface area contributed by atoms with Crippen LogP contribution in [0.2, 0.25) is 0 Å². The molecule has 0 aromatic heterocycles. The van der Waals surface area contributed by atoms with Crippen molar-refractivity contribution in [3.05, 3.63) is 23.3 Å². The fraction of sp³-hybridized carbons (Fsp3) is 0.786. The topological polar surface area (TPSA) is 40.5 Å². The van der Waals surface area contributed by atoms with Gasteiger partial charge in [-0.2, -0.15) is 0 Å². The van der Waals surface area contributed by atoms with Gasteiger partial charge in [0.25, 0.3) is 0 Å². The van der Waals surface area contributed by atoms with Crippen molar-refractivity contribution >= 4 is 0 Å². The third kappa shape index (κ3) is 9.75. The van der Waals surface area contributed by atoms with Crippen LogP contribution in [0.25, 0.3) is 0 Å². The fourth-order valence-corrected chi connectivity index (χ4v) is 5.13. The van der Waals surface area contributed by atoms with Gasteiger partial charge in [-0.05, 0) is 66.5 Å². The highest BCUT2D eigenvalue weighted by Gasteiger charge is 2.25. The van der Waals surface area contributed by atoms with Gasteiger partial charge in [0.1, 0.15) is 11.5 Å². The van der Waals surface area contributed by atoms with E-state index in [2.05, 4.69) is 34.6 Å². The van der Waals surface area contributed by atoms with Crippen LogP contribution in [0, 0.1) is 10.8 Å². The number of rotatable bonds is 16. The lowest BCUT2D eigenvalue weighted by Crippen LogP contribution is -2.20. The Labute approximate surface area is 187 Å². The molecule has 2 N–H and O–H groups in total. The smallest absolute Gasteiger partial charge is 0.122 e. The van der Waals surface area contributed by atoms with Gasteiger partial charge in [0.15, 0.2) is 0 Å². The standard InChI is InChI=1S/C28H50O2/c1-7-16-27(4,5)18-14-12-10-11-13-15-19-28(6,17-8-2)22-24-20-23(9-3)25(29)21-26(24)30/h20-21,29-30H,7-19,22H2,1-6H3. The van der Waals surface area contributed by atoms with Crippen molar-refractivity contribution in [3.8, 4) is 11.5 Å². The van der Waals surface area contributed by atoms with Crippen molar-refractivity contribution in [2.24, 2.45) is 10.8 Å². The Bertz CT molecular complexity index is 605. The average Bonchev–Trinajstić information content (AvgIpc) is 2.66. The lowest BCUT2D eigenvalue weighted by Gasteiger charge is -2.30. The van der Waals surface area contributed by atoms with Gasteiger partial charge in [-0.3, -0.25) is 0 Å². The molecule has 2 heteroatoms. The number of hydrogen-bond donors (Lipinski definition) is 2. The molecule has 1 atom stereocenters. The monoisotopic (exact) mass is 418 g/mol. The Kier molecular flexibility index (Phi) is 11.9. The van der Waals surface area contributed by atoms with E-state index in [0.717, 1.165) is 24.0 Å². The molecule has 174 valence electrons. The van der Waals surface area contributed by atoms with Gasteiger partial charge in [0.2, 0.25) is 0 Å². The largest absolute Gasteiger partial charge is 0.508 e. The second-order valence-corrected chi connectivity index (χ2v) is 10.7. The van der Waals surface area contributed by atoms with E-state index in [1.165, 1.54) is 83.1 Å². The summed E-state index contributed by atoms with van der Waals surface area (Å²) in [6, 6.07) is 3.54. The Hall–Kier alpha value is -1.18.